The van der Waals surface area contributed by atoms with Crippen molar-refractivity contribution in [1.29, 1.82) is 0 Å². The lowest BCUT2D eigenvalue weighted by Gasteiger charge is -2.37. The largest absolute Gasteiger partial charge is 0.497 e. The molecule has 1 aromatic rings. The second-order valence-electron chi connectivity index (χ2n) is 8.66. The third kappa shape index (κ3) is 3.71. The number of likely N-dealkylation sites (tertiary alicyclic amines) is 2. The van der Waals surface area contributed by atoms with Gasteiger partial charge in [-0.2, -0.15) is 0 Å². The summed E-state index contributed by atoms with van der Waals surface area (Å²) in [6.45, 7) is 1.16. The molecule has 4 rings (SSSR count). The van der Waals surface area contributed by atoms with E-state index in [1.165, 1.54) is 4.90 Å². The van der Waals surface area contributed by atoms with E-state index in [-0.39, 0.29) is 42.6 Å². The van der Waals surface area contributed by atoms with Gasteiger partial charge in [0.25, 0.3) is 0 Å². The third-order valence-corrected chi connectivity index (χ3v) is 6.66. The van der Waals surface area contributed by atoms with Crippen LogP contribution in [-0.2, 0) is 24.5 Å². The van der Waals surface area contributed by atoms with Crippen LogP contribution in [0.4, 0.5) is 0 Å². The number of methoxy groups -OCH3 is 2. The number of amides is 3. The average molecular weight is 415 g/mol. The Morgan fingerprint density at radius 2 is 1.83 bits per heavy atom. The molecule has 2 atom stereocenters. The lowest BCUT2D eigenvalue weighted by molar-refractivity contribution is -0.144. The maximum Gasteiger partial charge on any atom is 0.241 e. The lowest BCUT2D eigenvalue weighted by Crippen LogP contribution is -2.49. The number of benzene rings is 1. The second kappa shape index (κ2) is 8.38. The molecule has 1 aromatic carbocycles. The Hall–Kier alpha value is -2.41. The molecule has 7 heteroatoms. The molecule has 3 fully saturated rings. The number of ether oxygens (including phenoxy) is 2. The highest BCUT2D eigenvalue weighted by atomic mass is 16.5. The van der Waals surface area contributed by atoms with Crippen LogP contribution in [-0.4, -0.2) is 67.0 Å². The van der Waals surface area contributed by atoms with Gasteiger partial charge in [0.15, 0.2) is 0 Å². The Balaban J connectivity index is 1.66. The molecule has 162 valence electrons. The van der Waals surface area contributed by atoms with Crippen molar-refractivity contribution in [3.05, 3.63) is 29.8 Å². The first-order chi connectivity index (χ1) is 14.5. The highest BCUT2D eigenvalue weighted by Crippen LogP contribution is 2.45. The first-order valence-corrected chi connectivity index (χ1v) is 10.8. The van der Waals surface area contributed by atoms with Crippen molar-refractivity contribution in [2.45, 2.75) is 62.4 Å². The lowest BCUT2D eigenvalue weighted by atomic mass is 9.75. The van der Waals surface area contributed by atoms with Crippen molar-refractivity contribution in [3.8, 4) is 5.75 Å². The minimum absolute atomic E-state index is 0.00329. The maximum atomic E-state index is 13.6. The fourth-order valence-corrected chi connectivity index (χ4v) is 4.89. The summed E-state index contributed by atoms with van der Waals surface area (Å²) >= 11 is 0. The molecule has 2 aliphatic heterocycles. The van der Waals surface area contributed by atoms with Crippen molar-refractivity contribution in [2.24, 2.45) is 0 Å². The SMILES string of the molecule is COC[C@@H]1CCCCN1C(=O)C[C@@]1(c2ccc(OC)cc2)CC(=O)N(C2CC2)C1=O. The predicted octanol–water partition coefficient (Wildman–Crippen LogP) is 2.27. The molecule has 1 aliphatic carbocycles. The topological polar surface area (TPSA) is 76.2 Å². The zero-order valence-corrected chi connectivity index (χ0v) is 17.8. The van der Waals surface area contributed by atoms with Gasteiger partial charge < -0.3 is 14.4 Å². The monoisotopic (exact) mass is 414 g/mol. The van der Waals surface area contributed by atoms with E-state index in [0.29, 0.717) is 24.5 Å². The molecule has 0 spiro atoms. The van der Waals surface area contributed by atoms with Crippen molar-refractivity contribution in [2.75, 3.05) is 27.4 Å². The van der Waals surface area contributed by atoms with Gasteiger partial charge in [0.05, 0.1) is 25.2 Å². The highest BCUT2D eigenvalue weighted by Gasteiger charge is 2.57. The average Bonchev–Trinajstić information content (AvgIpc) is 3.55. The maximum absolute atomic E-state index is 13.6. The summed E-state index contributed by atoms with van der Waals surface area (Å²) in [7, 11) is 3.22. The van der Waals surface area contributed by atoms with Gasteiger partial charge in [-0.25, -0.2) is 0 Å². The number of nitrogens with zero attached hydrogens (tertiary/aromatic N) is 2. The molecular formula is C23H30N2O5. The van der Waals surface area contributed by atoms with Gasteiger partial charge in [-0.3, -0.25) is 19.3 Å². The van der Waals surface area contributed by atoms with E-state index in [2.05, 4.69) is 0 Å². The Labute approximate surface area is 177 Å². The molecule has 1 saturated carbocycles. The summed E-state index contributed by atoms with van der Waals surface area (Å²) in [5, 5.41) is 0. The van der Waals surface area contributed by atoms with Crippen LogP contribution in [0.1, 0.15) is 50.5 Å². The quantitative estimate of drug-likeness (QED) is 0.640. The number of carbonyl (C=O) groups excluding carboxylic acids is 3. The number of rotatable bonds is 7. The van der Waals surface area contributed by atoms with E-state index in [9.17, 15) is 14.4 Å². The Bertz CT molecular complexity index is 817. The molecule has 0 unspecified atom stereocenters. The van der Waals surface area contributed by atoms with Gasteiger partial charge in [-0.1, -0.05) is 12.1 Å². The summed E-state index contributed by atoms with van der Waals surface area (Å²) in [5.41, 5.74) is -0.434. The standard InChI is InChI=1S/C23H30N2O5/c1-29-15-18-5-3-4-12-24(18)20(26)13-23(16-6-10-19(30-2)11-7-16)14-21(27)25(22(23)28)17-8-9-17/h6-7,10-11,17-18H,3-5,8-9,12-15H2,1-2H3/t18-,23-/m0/s1. The fraction of sp³-hybridized carbons (Fsp3) is 0.609. The smallest absolute Gasteiger partial charge is 0.241 e. The zero-order valence-electron chi connectivity index (χ0n) is 17.8. The van der Waals surface area contributed by atoms with Crippen LogP contribution >= 0.6 is 0 Å². The van der Waals surface area contributed by atoms with Gasteiger partial charge in [-0.05, 0) is 49.8 Å². The first kappa shape index (κ1) is 20.8. The molecule has 2 heterocycles. The molecule has 7 nitrogen and oxygen atoms in total. The Morgan fingerprint density at radius 3 is 2.47 bits per heavy atom. The summed E-state index contributed by atoms with van der Waals surface area (Å²) in [5.74, 6) is 0.200. The van der Waals surface area contributed by atoms with Crippen molar-refractivity contribution < 1.29 is 23.9 Å². The third-order valence-electron chi connectivity index (χ3n) is 6.66. The van der Waals surface area contributed by atoms with Crippen LogP contribution in [0.15, 0.2) is 24.3 Å². The van der Waals surface area contributed by atoms with Crippen LogP contribution in [0.25, 0.3) is 0 Å². The van der Waals surface area contributed by atoms with Gasteiger partial charge in [0.2, 0.25) is 17.7 Å². The molecule has 3 aliphatic rings. The van der Waals surface area contributed by atoms with Gasteiger partial charge in [0.1, 0.15) is 5.75 Å². The van der Waals surface area contributed by atoms with Crippen LogP contribution in [0.3, 0.4) is 0 Å². The van der Waals surface area contributed by atoms with E-state index >= 15 is 0 Å². The molecular weight excluding hydrogens is 384 g/mol. The van der Waals surface area contributed by atoms with Gasteiger partial charge in [-0.15, -0.1) is 0 Å². The van der Waals surface area contributed by atoms with E-state index in [0.717, 1.165) is 32.1 Å². The summed E-state index contributed by atoms with van der Waals surface area (Å²) in [4.78, 5) is 43.1. The highest BCUT2D eigenvalue weighted by molar-refractivity contribution is 6.11. The number of imide groups is 1. The Morgan fingerprint density at radius 1 is 1.10 bits per heavy atom. The van der Waals surface area contributed by atoms with Gasteiger partial charge in [0, 0.05) is 32.5 Å². The predicted molar refractivity (Wildman–Crippen MR) is 110 cm³/mol. The molecule has 0 N–H and O–H groups in total. The van der Waals surface area contributed by atoms with Gasteiger partial charge >= 0.3 is 0 Å². The number of hydrogen-bond acceptors (Lipinski definition) is 5. The minimum Gasteiger partial charge on any atom is -0.497 e. The normalized spacial score (nSPS) is 26.9. The summed E-state index contributed by atoms with van der Waals surface area (Å²) in [6, 6.07) is 7.22. The first-order valence-electron chi connectivity index (χ1n) is 10.8. The van der Waals surface area contributed by atoms with Crippen LogP contribution < -0.4 is 4.74 Å². The molecule has 2 saturated heterocycles. The van der Waals surface area contributed by atoms with Crippen molar-refractivity contribution in [3.63, 3.8) is 0 Å². The van der Waals surface area contributed by atoms with E-state index in [1.54, 1.807) is 26.4 Å². The van der Waals surface area contributed by atoms with E-state index in [4.69, 9.17) is 9.47 Å². The fourth-order valence-electron chi connectivity index (χ4n) is 4.89. The van der Waals surface area contributed by atoms with Crippen molar-refractivity contribution in [1.82, 2.24) is 9.80 Å². The van der Waals surface area contributed by atoms with Crippen molar-refractivity contribution >= 4 is 17.7 Å². The minimum atomic E-state index is -1.14. The van der Waals surface area contributed by atoms with Crippen LogP contribution in [0.5, 0.6) is 5.75 Å². The molecule has 0 bridgehead atoms. The van der Waals surface area contributed by atoms with E-state index in [1.807, 2.05) is 17.0 Å². The molecule has 0 aromatic heterocycles. The van der Waals surface area contributed by atoms with Crippen LogP contribution in [0, 0.1) is 0 Å². The molecule has 3 amide bonds. The zero-order chi connectivity index (χ0) is 21.3. The van der Waals surface area contributed by atoms with E-state index < -0.39 is 5.41 Å². The molecule has 30 heavy (non-hydrogen) atoms. The van der Waals surface area contributed by atoms with Crippen LogP contribution in [0.2, 0.25) is 0 Å². The number of piperidine rings is 1. The Kier molecular flexibility index (Phi) is 5.82. The summed E-state index contributed by atoms with van der Waals surface area (Å²) < 4.78 is 10.6. The summed E-state index contributed by atoms with van der Waals surface area (Å²) in [6.07, 6.45) is 4.67. The number of hydrogen-bond donors (Lipinski definition) is 0. The number of carbonyl (C=O) groups is 3. The second-order valence-corrected chi connectivity index (χ2v) is 8.66. The molecule has 0 radical (unpaired) electrons.